The van der Waals surface area contributed by atoms with E-state index in [1.807, 2.05) is 21.1 Å². The molecule has 0 heterocycles. The molecule has 0 radical (unpaired) electrons. The van der Waals surface area contributed by atoms with Crippen molar-refractivity contribution < 1.29 is 42.1 Å². The van der Waals surface area contributed by atoms with E-state index < -0.39 is 32.5 Å². The van der Waals surface area contributed by atoms with Crippen LogP contribution in [0.25, 0.3) is 0 Å². The van der Waals surface area contributed by atoms with Gasteiger partial charge in [0, 0.05) is 12.8 Å². The van der Waals surface area contributed by atoms with Crippen molar-refractivity contribution in [3.8, 4) is 0 Å². The van der Waals surface area contributed by atoms with Gasteiger partial charge in [-0.3, -0.25) is 14.2 Å². The molecule has 0 aliphatic rings. The summed E-state index contributed by atoms with van der Waals surface area (Å²) in [5, 5.41) is 0. The molecule has 2 atom stereocenters. The lowest BCUT2D eigenvalue weighted by molar-refractivity contribution is -0.870. The summed E-state index contributed by atoms with van der Waals surface area (Å²) in [6.45, 7) is 4.14. The second-order valence-electron chi connectivity index (χ2n) is 16.1. The Morgan fingerprint density at radius 1 is 0.554 bits per heavy atom. The largest absolute Gasteiger partial charge is 0.756 e. The van der Waals surface area contributed by atoms with Crippen molar-refractivity contribution in [1.29, 1.82) is 0 Å². The van der Waals surface area contributed by atoms with Crippen LogP contribution in [0.1, 0.15) is 181 Å². The molecule has 0 rings (SSSR count). The second-order valence-corrected chi connectivity index (χ2v) is 17.5. The molecular formula is C46H84NO8P. The summed E-state index contributed by atoms with van der Waals surface area (Å²) in [4.78, 5) is 37.5. The SMILES string of the molecule is CCCCC/C=C\C/C=C\CCCCCCCCCC(=O)OC(COC(=O)CCCCCCC/C=C\C/C=C\CCCCC)COP(=O)([O-])OCC[N+](C)(C)C. The number of phosphoric ester groups is 1. The minimum absolute atomic E-state index is 0.0363. The van der Waals surface area contributed by atoms with Gasteiger partial charge in [-0.15, -0.1) is 0 Å². The predicted octanol–water partition coefficient (Wildman–Crippen LogP) is 12.1. The number of carbonyl (C=O) groups excluding carboxylic acids is 2. The van der Waals surface area contributed by atoms with E-state index in [-0.39, 0.29) is 26.1 Å². The zero-order valence-electron chi connectivity index (χ0n) is 36.6. The molecule has 2 unspecified atom stereocenters. The van der Waals surface area contributed by atoms with E-state index in [1.54, 1.807) is 0 Å². The Bertz CT molecular complexity index is 1100. The first kappa shape index (κ1) is 54.0. The smallest absolute Gasteiger partial charge is 0.306 e. The number of unbranched alkanes of at least 4 members (excludes halogenated alkanes) is 18. The van der Waals surface area contributed by atoms with Crippen molar-refractivity contribution in [2.75, 3.05) is 47.5 Å². The average Bonchev–Trinajstić information content (AvgIpc) is 3.15. The first-order valence-corrected chi connectivity index (χ1v) is 23.8. The number of hydrogen-bond acceptors (Lipinski definition) is 8. The van der Waals surface area contributed by atoms with Gasteiger partial charge in [0.05, 0.1) is 27.7 Å². The first-order chi connectivity index (χ1) is 27.0. The minimum atomic E-state index is -4.63. The van der Waals surface area contributed by atoms with Gasteiger partial charge in [-0.2, -0.15) is 0 Å². The van der Waals surface area contributed by atoms with Gasteiger partial charge < -0.3 is 27.9 Å². The molecule has 10 heteroatoms. The Labute approximate surface area is 343 Å². The Morgan fingerprint density at radius 3 is 1.41 bits per heavy atom. The molecule has 0 aromatic carbocycles. The highest BCUT2D eigenvalue weighted by Crippen LogP contribution is 2.38. The van der Waals surface area contributed by atoms with E-state index in [1.165, 1.54) is 70.6 Å². The number of ether oxygens (including phenoxy) is 2. The van der Waals surface area contributed by atoms with Gasteiger partial charge in [-0.25, -0.2) is 0 Å². The van der Waals surface area contributed by atoms with Crippen LogP contribution in [-0.2, 0) is 32.7 Å². The lowest BCUT2D eigenvalue weighted by Crippen LogP contribution is -2.37. The number of allylic oxidation sites excluding steroid dienone is 8. The average molecular weight is 810 g/mol. The van der Waals surface area contributed by atoms with Gasteiger partial charge in [-0.1, -0.05) is 140 Å². The van der Waals surface area contributed by atoms with Gasteiger partial charge in [0.25, 0.3) is 7.82 Å². The first-order valence-electron chi connectivity index (χ1n) is 22.3. The molecule has 0 amide bonds. The van der Waals surface area contributed by atoms with Gasteiger partial charge in [0.1, 0.15) is 19.8 Å². The third kappa shape index (κ3) is 41.6. The van der Waals surface area contributed by atoms with E-state index >= 15 is 0 Å². The maximum Gasteiger partial charge on any atom is 0.306 e. The van der Waals surface area contributed by atoms with Crippen molar-refractivity contribution in [1.82, 2.24) is 0 Å². The molecule has 0 N–H and O–H groups in total. The highest BCUT2D eigenvalue weighted by molar-refractivity contribution is 7.45. The molecule has 0 aliphatic heterocycles. The molecule has 0 aromatic heterocycles. The van der Waals surface area contributed by atoms with E-state index in [0.29, 0.717) is 23.9 Å². The fourth-order valence-electron chi connectivity index (χ4n) is 5.77. The topological polar surface area (TPSA) is 111 Å². The molecule has 0 fully saturated rings. The van der Waals surface area contributed by atoms with Crippen LogP contribution in [0.2, 0.25) is 0 Å². The highest BCUT2D eigenvalue weighted by Gasteiger charge is 2.21. The number of likely N-dealkylation sites (N-methyl/N-ethyl adjacent to an activating group) is 1. The fourth-order valence-corrected chi connectivity index (χ4v) is 6.50. The summed E-state index contributed by atoms with van der Waals surface area (Å²) in [5.41, 5.74) is 0. The Kier molecular flexibility index (Phi) is 37.1. The molecule has 0 aromatic rings. The lowest BCUT2D eigenvalue weighted by Gasteiger charge is -2.28. The monoisotopic (exact) mass is 810 g/mol. The molecule has 0 saturated heterocycles. The van der Waals surface area contributed by atoms with Crippen molar-refractivity contribution in [3.63, 3.8) is 0 Å². The van der Waals surface area contributed by atoms with Gasteiger partial charge in [0.15, 0.2) is 6.10 Å². The van der Waals surface area contributed by atoms with E-state index in [0.717, 1.165) is 70.6 Å². The Hall–Kier alpha value is -2.03. The number of rotatable bonds is 40. The third-order valence-electron chi connectivity index (χ3n) is 9.32. The number of phosphoric acid groups is 1. The van der Waals surface area contributed by atoms with Crippen LogP contribution in [0.15, 0.2) is 48.6 Å². The van der Waals surface area contributed by atoms with Crippen LogP contribution in [0.3, 0.4) is 0 Å². The van der Waals surface area contributed by atoms with Gasteiger partial charge >= 0.3 is 11.9 Å². The van der Waals surface area contributed by atoms with Crippen molar-refractivity contribution >= 4 is 19.8 Å². The maximum absolute atomic E-state index is 12.7. The number of carbonyl (C=O) groups is 2. The summed E-state index contributed by atoms with van der Waals surface area (Å²) in [6.07, 6.45) is 44.1. The molecule has 9 nitrogen and oxygen atoms in total. The summed E-state index contributed by atoms with van der Waals surface area (Å²) < 4.78 is 33.9. The normalized spacial score (nSPS) is 14.0. The number of nitrogens with zero attached hydrogens (tertiary/aromatic N) is 1. The van der Waals surface area contributed by atoms with Crippen LogP contribution in [0, 0.1) is 0 Å². The Balaban J connectivity index is 4.39. The third-order valence-corrected chi connectivity index (χ3v) is 10.3. The summed E-state index contributed by atoms with van der Waals surface area (Å²) >= 11 is 0. The minimum Gasteiger partial charge on any atom is -0.756 e. The summed E-state index contributed by atoms with van der Waals surface area (Å²) in [6, 6.07) is 0. The van der Waals surface area contributed by atoms with E-state index in [9.17, 15) is 19.0 Å². The maximum atomic E-state index is 12.7. The fraction of sp³-hybridized carbons (Fsp3) is 0.783. The van der Waals surface area contributed by atoms with E-state index in [4.69, 9.17) is 18.5 Å². The lowest BCUT2D eigenvalue weighted by atomic mass is 10.1. The van der Waals surface area contributed by atoms with Crippen molar-refractivity contribution in [3.05, 3.63) is 48.6 Å². The number of hydrogen-bond donors (Lipinski definition) is 0. The standard InChI is InChI=1S/C46H84NO8P/c1-6-8-10-12-14-16-18-20-22-23-25-27-29-31-33-35-37-39-46(49)55-44(43-54-56(50,51)53-41-40-47(3,4)5)42-52-45(48)38-36-34-32-30-28-26-24-21-19-17-15-13-11-9-7-2/h14-17,20-22,24,44H,6-13,18-19,23,25-43H2,1-5H3/b16-14-,17-15-,22-20-,24-21-. The van der Waals surface area contributed by atoms with Crippen LogP contribution in [0.4, 0.5) is 0 Å². The van der Waals surface area contributed by atoms with Crippen LogP contribution in [0.5, 0.6) is 0 Å². The highest BCUT2D eigenvalue weighted by atomic mass is 31.2. The molecule has 0 aliphatic carbocycles. The zero-order valence-corrected chi connectivity index (χ0v) is 37.5. The molecule has 0 spiro atoms. The number of esters is 2. The quantitative estimate of drug-likeness (QED) is 0.0198. The second kappa shape index (κ2) is 38.5. The van der Waals surface area contributed by atoms with Crippen molar-refractivity contribution in [2.45, 2.75) is 187 Å². The molecule has 56 heavy (non-hydrogen) atoms. The summed E-state index contributed by atoms with van der Waals surface area (Å²) in [5.74, 6) is -0.861. The summed E-state index contributed by atoms with van der Waals surface area (Å²) in [7, 11) is 1.15. The van der Waals surface area contributed by atoms with Crippen LogP contribution < -0.4 is 4.89 Å². The number of quaternary nitrogens is 1. The van der Waals surface area contributed by atoms with Gasteiger partial charge in [0.2, 0.25) is 0 Å². The predicted molar refractivity (Wildman–Crippen MR) is 231 cm³/mol. The molecule has 326 valence electrons. The van der Waals surface area contributed by atoms with Crippen LogP contribution >= 0.6 is 7.82 Å². The Morgan fingerprint density at radius 2 is 0.964 bits per heavy atom. The molecule has 0 bridgehead atoms. The van der Waals surface area contributed by atoms with E-state index in [2.05, 4.69) is 62.5 Å². The molecular weight excluding hydrogens is 725 g/mol. The van der Waals surface area contributed by atoms with Crippen LogP contribution in [-0.4, -0.2) is 70.0 Å². The zero-order chi connectivity index (χ0) is 41.4. The van der Waals surface area contributed by atoms with Crippen molar-refractivity contribution in [2.24, 2.45) is 0 Å². The molecule has 0 saturated carbocycles. The van der Waals surface area contributed by atoms with Gasteiger partial charge in [-0.05, 0) is 77.0 Å².